The summed E-state index contributed by atoms with van der Waals surface area (Å²) in [5, 5.41) is 4.64. The van der Waals surface area contributed by atoms with Gasteiger partial charge in [0.25, 0.3) is 0 Å². The molecule has 12 aliphatic rings. The van der Waals surface area contributed by atoms with Crippen molar-refractivity contribution in [3.63, 3.8) is 0 Å². The average molecular weight is 1190 g/mol. The maximum absolute atomic E-state index is 6.57. The van der Waals surface area contributed by atoms with Gasteiger partial charge in [-0.2, -0.15) is 0 Å². The molecule has 12 aliphatic heterocycles. The Morgan fingerprint density at radius 2 is 0.806 bits per heavy atom. The summed E-state index contributed by atoms with van der Waals surface area (Å²) in [4.78, 5) is 0. The van der Waals surface area contributed by atoms with Crippen LogP contribution in [0, 0.1) is 107 Å². The van der Waals surface area contributed by atoms with Crippen LogP contribution in [-0.2, 0) is 124 Å². The van der Waals surface area contributed by atoms with E-state index < -0.39 is 0 Å². The normalized spacial score (nSPS) is 42.7. The second kappa shape index (κ2) is 34.0. The third kappa shape index (κ3) is 18.2. The van der Waals surface area contributed by atoms with Gasteiger partial charge in [0.15, 0.2) is 25.2 Å². The largest absolute Gasteiger partial charge is 0.713 e. The van der Waals surface area contributed by atoms with Crippen LogP contribution in [0.4, 0.5) is 0 Å². The van der Waals surface area contributed by atoms with Crippen LogP contribution in [0.5, 0.6) is 0 Å². The maximum atomic E-state index is 6.57. The van der Waals surface area contributed by atoms with Gasteiger partial charge in [-0.15, -0.1) is 0 Å². The van der Waals surface area contributed by atoms with Crippen molar-refractivity contribution in [3.8, 4) is 0 Å². The number of rotatable bonds is 4. The molecule has 8 bridgehead atoms. The molecule has 360 valence electrons. The Labute approximate surface area is 446 Å². The second-order valence-corrected chi connectivity index (χ2v) is 17.8. The minimum Gasteiger partial charge on any atom is -0.713 e. The standard InChI is InChI=1S/2C21H37O4.2C3H5N.CH3.W.2Y/c2*1-7-18-19-13(3)15(5)20(24-18)22-11-9-8-10-17-12(2)14(4)21(25-19)23-16(17)6;2*1-3-4-2;;;;/h2*12-21H,6-11H2,1-5H3;2*4H,1-2H2;1H3;;;/q2*-1;2*-2;-1;;;/t2*12?,13?,14?,15?,16?,17?,18?,19?,20-,21+;;;;;;/m11....../s1. The quantitative estimate of drug-likeness (QED) is 0.209. The van der Waals surface area contributed by atoms with Crippen LogP contribution >= 0.6 is 0 Å². The summed E-state index contributed by atoms with van der Waals surface area (Å²) in [5.74, 6) is 4.24. The van der Waals surface area contributed by atoms with Crippen molar-refractivity contribution in [1.29, 1.82) is 0 Å². The van der Waals surface area contributed by atoms with Gasteiger partial charge in [0.05, 0.1) is 24.4 Å². The van der Waals surface area contributed by atoms with Crippen molar-refractivity contribution in [2.75, 3.05) is 13.2 Å². The zero-order chi connectivity index (χ0) is 43.1. The molecule has 20 atom stereocenters. The van der Waals surface area contributed by atoms with E-state index in [2.05, 4.69) is 133 Å². The molecular weight excluding hydrogens is 1110 g/mol. The SMILES string of the molecule is C=[C-]N[CH2-].C=[C-]N[CH2-].[CH2-]C1O[C@H]2OC3C(CC)O[C@@H](OCCCCC1C(C)C2C)C(C)C3C.[CH2-]C1O[C@H]2OC3C(CC)O[C@@H](OCCCCC1C(C)C2C)C(C)C3C.[CH3-].[W].[Y].[Y]. The van der Waals surface area contributed by atoms with Crippen LogP contribution in [0.1, 0.15) is 121 Å². The molecule has 13 heteroatoms. The van der Waals surface area contributed by atoms with Gasteiger partial charge in [-0.25, -0.2) is 0 Å². The smallest absolute Gasteiger partial charge is 0.160 e. The second-order valence-electron chi connectivity index (χ2n) is 17.8. The molecule has 0 saturated carbocycles. The monoisotopic (exact) mass is 1190 g/mol. The van der Waals surface area contributed by atoms with Gasteiger partial charge in [-0.3, -0.25) is 27.3 Å². The Balaban J connectivity index is 0. The van der Waals surface area contributed by atoms with Crippen molar-refractivity contribution >= 4 is 0 Å². The fourth-order valence-corrected chi connectivity index (χ4v) is 9.61. The Morgan fingerprint density at radius 1 is 0.500 bits per heavy atom. The third-order valence-corrected chi connectivity index (χ3v) is 14.4. The maximum Gasteiger partial charge on any atom is 0.160 e. The van der Waals surface area contributed by atoms with Crippen LogP contribution in [-0.4, -0.2) is 75.0 Å². The van der Waals surface area contributed by atoms with Crippen LogP contribution in [0.2, 0.25) is 0 Å². The molecule has 2 radical (unpaired) electrons. The van der Waals surface area contributed by atoms with E-state index in [4.69, 9.17) is 37.9 Å². The van der Waals surface area contributed by atoms with E-state index in [0.29, 0.717) is 59.2 Å². The molecule has 0 aliphatic carbocycles. The molecule has 0 aromatic carbocycles. The molecule has 10 nitrogen and oxygen atoms in total. The molecule has 12 heterocycles. The number of ether oxygens (including phenoxy) is 8. The molecule has 0 amide bonds. The molecule has 0 aromatic heterocycles. The van der Waals surface area contributed by atoms with E-state index in [9.17, 15) is 0 Å². The predicted octanol–water partition coefficient (Wildman–Crippen LogP) is 9.92. The van der Waals surface area contributed by atoms with Crippen LogP contribution < -0.4 is 10.6 Å². The van der Waals surface area contributed by atoms with Crippen molar-refractivity contribution in [3.05, 3.63) is 60.9 Å². The Hall–Kier alpha value is 1.66. The number of hydrogen-bond acceptors (Lipinski definition) is 10. The Morgan fingerprint density at radius 3 is 1.10 bits per heavy atom. The molecule has 0 aromatic rings. The zero-order valence-electron chi connectivity index (χ0n) is 40.7. The summed E-state index contributed by atoms with van der Waals surface area (Å²) in [5.41, 5.74) is 0. The van der Waals surface area contributed by atoms with Gasteiger partial charge in [0.2, 0.25) is 0 Å². The van der Waals surface area contributed by atoms with Crippen molar-refractivity contribution in [2.24, 2.45) is 59.2 Å². The Bertz CT molecular complexity index is 1080. The van der Waals surface area contributed by atoms with Crippen LogP contribution in [0.3, 0.4) is 0 Å². The summed E-state index contributed by atoms with van der Waals surface area (Å²) >= 11 is 0. The first-order valence-electron chi connectivity index (χ1n) is 22.6. The fourth-order valence-electron chi connectivity index (χ4n) is 9.61. The fraction of sp³-hybridized carbons (Fsp3) is 0.816. The van der Waals surface area contributed by atoms with E-state index in [0.717, 1.165) is 64.6 Å². The first kappa shape index (κ1) is 65.7. The first-order chi connectivity index (χ1) is 27.7. The third-order valence-electron chi connectivity index (χ3n) is 14.4. The van der Waals surface area contributed by atoms with E-state index in [1.165, 1.54) is 0 Å². The van der Waals surface area contributed by atoms with Gasteiger partial charge >= 0.3 is 0 Å². The molecule has 2 N–H and O–H groups in total. The molecule has 16 unspecified atom stereocenters. The van der Waals surface area contributed by atoms with E-state index in [1.807, 2.05) is 0 Å². The predicted molar refractivity (Wildman–Crippen MR) is 237 cm³/mol. The number of nitrogens with one attached hydrogen (secondary N) is 2. The van der Waals surface area contributed by atoms with Crippen LogP contribution in [0.15, 0.2) is 13.2 Å². The molecule has 62 heavy (non-hydrogen) atoms. The summed E-state index contributed by atoms with van der Waals surface area (Å²) in [7, 11) is 6.36. The van der Waals surface area contributed by atoms with Gasteiger partial charge in [0, 0.05) is 123 Å². The summed E-state index contributed by atoms with van der Waals surface area (Å²) in [6.45, 7) is 39.0. The van der Waals surface area contributed by atoms with Gasteiger partial charge in [-0.1, -0.05) is 107 Å². The van der Waals surface area contributed by atoms with Crippen molar-refractivity contribution < 1.29 is 124 Å². The minimum atomic E-state index is -0.188. The van der Waals surface area contributed by atoms with E-state index in [1.54, 1.807) is 0 Å². The first-order valence-corrected chi connectivity index (χ1v) is 22.6. The molecule has 12 saturated heterocycles. The van der Waals surface area contributed by atoms with Gasteiger partial charge in [0.1, 0.15) is 0 Å². The number of hydrogen-bond donors (Lipinski definition) is 2. The topological polar surface area (TPSA) is 97.9 Å². The summed E-state index contributed by atoms with van der Waals surface area (Å²) < 4.78 is 50.5. The van der Waals surface area contributed by atoms with E-state index in [-0.39, 0.29) is 156 Å². The van der Waals surface area contributed by atoms with Gasteiger partial charge < -0.3 is 82.2 Å². The average Bonchev–Trinajstić information content (AvgIpc) is 3.22. The van der Waals surface area contributed by atoms with Crippen LogP contribution in [0.25, 0.3) is 0 Å². The molecule has 0 spiro atoms. The summed E-state index contributed by atoms with van der Waals surface area (Å²) in [6.07, 6.45) is 12.9. The van der Waals surface area contributed by atoms with Crippen molar-refractivity contribution in [1.82, 2.24) is 10.6 Å². The summed E-state index contributed by atoms with van der Waals surface area (Å²) in [6, 6.07) is 0. The van der Waals surface area contributed by atoms with E-state index >= 15 is 0 Å². The minimum absolute atomic E-state index is 0. The molecule has 12 fully saturated rings. The zero-order valence-corrected chi connectivity index (χ0v) is 49.3. The molecule has 12 rings (SSSR count). The van der Waals surface area contributed by atoms with Crippen molar-refractivity contribution in [2.45, 2.75) is 182 Å². The Kier molecular flexibility index (Phi) is 36.1. The van der Waals surface area contributed by atoms with Gasteiger partial charge in [-0.05, 0) is 61.2 Å². The molecular formula is C49H87N2O8WY2-7.